The molecule has 1 atom stereocenters. The maximum Gasteiger partial charge on any atom is 0.188 e. The molecule has 2 heterocycles. The quantitative estimate of drug-likeness (QED) is 0.533. The van der Waals surface area contributed by atoms with E-state index in [0.717, 1.165) is 22.6 Å². The van der Waals surface area contributed by atoms with Gasteiger partial charge < -0.3 is 14.0 Å². The van der Waals surface area contributed by atoms with Crippen LogP contribution in [0.1, 0.15) is 35.2 Å². The smallest absolute Gasteiger partial charge is 0.188 e. The fourth-order valence-corrected chi connectivity index (χ4v) is 3.25. The highest BCUT2D eigenvalue weighted by atomic mass is 35.5. The van der Waals surface area contributed by atoms with E-state index in [0.29, 0.717) is 33.9 Å². The van der Waals surface area contributed by atoms with Gasteiger partial charge in [0.1, 0.15) is 22.5 Å². The van der Waals surface area contributed by atoms with Gasteiger partial charge in [0.05, 0.1) is 22.9 Å². The molecule has 0 amide bonds. The summed E-state index contributed by atoms with van der Waals surface area (Å²) in [6.45, 7) is 5.76. The van der Waals surface area contributed by atoms with E-state index in [9.17, 15) is 0 Å². The number of hydrogen-bond acceptors (Lipinski definition) is 6. The van der Waals surface area contributed by atoms with E-state index >= 15 is 0 Å². The molecule has 0 saturated heterocycles. The van der Waals surface area contributed by atoms with E-state index < -0.39 is 0 Å². The normalized spacial score (nSPS) is 17.1. The molecule has 26 heavy (non-hydrogen) atoms. The number of rotatable bonds is 5. The number of aromatic nitrogens is 3. The molecule has 3 rings (SSSR count). The minimum Gasteiger partial charge on any atom is -0.472 e. The Morgan fingerprint density at radius 1 is 1.19 bits per heavy atom. The third kappa shape index (κ3) is 3.63. The zero-order valence-corrected chi connectivity index (χ0v) is 16.5. The fraction of sp³-hybridized carbons (Fsp3) is 0.389. The molecular weight excluding hydrogens is 377 g/mol. The molecule has 0 fully saturated rings. The van der Waals surface area contributed by atoms with Crippen LogP contribution in [0.15, 0.2) is 27.5 Å². The highest BCUT2D eigenvalue weighted by molar-refractivity contribution is 6.31. The van der Waals surface area contributed by atoms with Crippen LogP contribution in [-0.2, 0) is 9.47 Å². The standard InChI is InChI=1S/C18H19Cl2N3O3/c1-9-16(15-10(2)23-26-11(15)3)21-18(22-17(9)20)13-7-12(25-8-24-4)5-6-14(13)19/h5-6,13H,7-8H2,1-4H3. The van der Waals surface area contributed by atoms with Gasteiger partial charge in [-0.05, 0) is 32.9 Å². The third-order valence-electron chi connectivity index (χ3n) is 4.21. The molecule has 6 nitrogen and oxygen atoms in total. The van der Waals surface area contributed by atoms with Crippen LogP contribution < -0.4 is 0 Å². The number of nitrogens with zero attached hydrogens (tertiary/aromatic N) is 3. The third-order valence-corrected chi connectivity index (χ3v) is 4.97. The van der Waals surface area contributed by atoms with Crippen LogP contribution in [0.2, 0.25) is 5.15 Å². The van der Waals surface area contributed by atoms with E-state index in [1.54, 1.807) is 13.2 Å². The highest BCUT2D eigenvalue weighted by Gasteiger charge is 2.27. The summed E-state index contributed by atoms with van der Waals surface area (Å²) in [5.74, 6) is 1.72. The molecule has 0 N–H and O–H groups in total. The van der Waals surface area contributed by atoms with Crippen LogP contribution in [0, 0.1) is 20.8 Å². The summed E-state index contributed by atoms with van der Waals surface area (Å²) in [6.07, 6.45) is 4.13. The Bertz CT molecular complexity index is 871. The lowest BCUT2D eigenvalue weighted by atomic mass is 9.97. The number of ether oxygens (including phenoxy) is 2. The van der Waals surface area contributed by atoms with Crippen molar-refractivity contribution in [2.24, 2.45) is 0 Å². The molecule has 8 heteroatoms. The topological polar surface area (TPSA) is 70.3 Å². The van der Waals surface area contributed by atoms with Crippen molar-refractivity contribution in [1.29, 1.82) is 0 Å². The molecule has 0 aliphatic heterocycles. The molecule has 0 saturated carbocycles. The molecule has 2 aromatic rings. The van der Waals surface area contributed by atoms with Crippen molar-refractivity contribution < 1.29 is 14.0 Å². The predicted molar refractivity (Wildman–Crippen MR) is 99.1 cm³/mol. The van der Waals surface area contributed by atoms with Crippen molar-refractivity contribution >= 4 is 23.2 Å². The van der Waals surface area contributed by atoms with Crippen LogP contribution in [0.3, 0.4) is 0 Å². The van der Waals surface area contributed by atoms with Gasteiger partial charge in [-0.1, -0.05) is 28.4 Å². The van der Waals surface area contributed by atoms with Gasteiger partial charge in [-0.3, -0.25) is 0 Å². The minimum atomic E-state index is -0.245. The first-order valence-corrected chi connectivity index (χ1v) is 8.83. The number of aryl methyl sites for hydroxylation is 2. The lowest BCUT2D eigenvalue weighted by molar-refractivity contribution is 0.00159. The van der Waals surface area contributed by atoms with E-state index in [-0.39, 0.29) is 12.7 Å². The van der Waals surface area contributed by atoms with Crippen molar-refractivity contribution in [2.75, 3.05) is 13.9 Å². The highest BCUT2D eigenvalue weighted by Crippen LogP contribution is 2.38. The summed E-state index contributed by atoms with van der Waals surface area (Å²) < 4.78 is 15.8. The van der Waals surface area contributed by atoms with Gasteiger partial charge >= 0.3 is 0 Å². The summed E-state index contributed by atoms with van der Waals surface area (Å²) in [7, 11) is 1.57. The molecule has 0 aromatic carbocycles. The van der Waals surface area contributed by atoms with Crippen LogP contribution in [0.25, 0.3) is 11.3 Å². The van der Waals surface area contributed by atoms with E-state index in [1.165, 1.54) is 0 Å². The second-order valence-corrected chi connectivity index (χ2v) is 6.83. The van der Waals surface area contributed by atoms with Crippen LogP contribution >= 0.6 is 23.2 Å². The molecule has 1 unspecified atom stereocenters. The maximum atomic E-state index is 6.42. The molecule has 0 spiro atoms. The van der Waals surface area contributed by atoms with Crippen molar-refractivity contribution in [2.45, 2.75) is 33.1 Å². The number of halogens is 2. The van der Waals surface area contributed by atoms with Crippen LogP contribution in [0.5, 0.6) is 0 Å². The monoisotopic (exact) mass is 395 g/mol. The second kappa shape index (κ2) is 7.78. The SMILES string of the molecule is COCOC1=CC=C(Cl)C(c2nc(Cl)c(C)c(-c3c(C)noc3C)n2)C1. The average molecular weight is 396 g/mol. The molecular formula is C18H19Cl2N3O3. The van der Waals surface area contributed by atoms with Gasteiger partial charge in [0.15, 0.2) is 6.79 Å². The van der Waals surface area contributed by atoms with Crippen molar-refractivity contribution in [1.82, 2.24) is 15.1 Å². The van der Waals surface area contributed by atoms with Crippen LogP contribution in [-0.4, -0.2) is 29.0 Å². The van der Waals surface area contributed by atoms with Gasteiger partial charge in [0.2, 0.25) is 0 Å². The summed E-state index contributed by atoms with van der Waals surface area (Å²) in [6, 6.07) is 0. The Morgan fingerprint density at radius 2 is 1.96 bits per heavy atom. The Morgan fingerprint density at radius 3 is 2.62 bits per heavy atom. The first-order valence-electron chi connectivity index (χ1n) is 8.07. The van der Waals surface area contributed by atoms with E-state index in [2.05, 4.69) is 10.1 Å². The Kier molecular flexibility index (Phi) is 5.65. The lowest BCUT2D eigenvalue weighted by Gasteiger charge is -2.21. The molecule has 138 valence electrons. The molecule has 1 aliphatic carbocycles. The summed E-state index contributed by atoms with van der Waals surface area (Å²) >= 11 is 12.8. The summed E-state index contributed by atoms with van der Waals surface area (Å²) in [4.78, 5) is 9.21. The first-order chi connectivity index (χ1) is 12.4. The summed E-state index contributed by atoms with van der Waals surface area (Å²) in [5, 5.41) is 5.01. The van der Waals surface area contributed by atoms with Crippen LogP contribution in [0.4, 0.5) is 0 Å². The second-order valence-electron chi connectivity index (χ2n) is 6.04. The van der Waals surface area contributed by atoms with E-state index in [1.807, 2.05) is 26.8 Å². The van der Waals surface area contributed by atoms with Gasteiger partial charge in [-0.15, -0.1) is 0 Å². The number of hydrogen-bond donors (Lipinski definition) is 0. The Hall–Kier alpha value is -1.89. The first kappa shape index (κ1) is 18.9. The van der Waals surface area contributed by atoms with Crippen molar-refractivity contribution in [3.8, 4) is 11.3 Å². The predicted octanol–water partition coefficient (Wildman–Crippen LogP) is 4.82. The zero-order valence-electron chi connectivity index (χ0n) is 15.0. The maximum absolute atomic E-state index is 6.42. The minimum absolute atomic E-state index is 0.170. The number of allylic oxidation sites excluding steroid dienone is 4. The van der Waals surface area contributed by atoms with Crippen molar-refractivity contribution in [3.63, 3.8) is 0 Å². The summed E-state index contributed by atoms with van der Waals surface area (Å²) in [5.41, 5.74) is 3.05. The van der Waals surface area contributed by atoms with E-state index in [4.69, 9.17) is 42.2 Å². The zero-order chi connectivity index (χ0) is 18.8. The molecule has 0 bridgehead atoms. The molecule has 1 aliphatic rings. The largest absolute Gasteiger partial charge is 0.472 e. The fourth-order valence-electron chi connectivity index (χ4n) is 2.84. The average Bonchev–Trinajstić information content (AvgIpc) is 2.95. The Balaban J connectivity index is 2.02. The Labute approximate surface area is 161 Å². The number of methoxy groups -OCH3 is 1. The lowest BCUT2D eigenvalue weighted by Crippen LogP contribution is -2.12. The van der Waals surface area contributed by atoms with Gasteiger partial charge in [-0.25, -0.2) is 9.97 Å². The van der Waals surface area contributed by atoms with Gasteiger partial charge in [0, 0.05) is 24.1 Å². The molecule has 0 radical (unpaired) electrons. The van der Waals surface area contributed by atoms with Gasteiger partial charge in [0.25, 0.3) is 0 Å². The van der Waals surface area contributed by atoms with Gasteiger partial charge in [-0.2, -0.15) is 0 Å². The molecule has 2 aromatic heterocycles. The van der Waals surface area contributed by atoms with Crippen molar-refractivity contribution in [3.05, 3.63) is 50.9 Å².